The van der Waals surface area contributed by atoms with Gasteiger partial charge in [-0.15, -0.1) is 0 Å². The summed E-state index contributed by atoms with van der Waals surface area (Å²) in [6, 6.07) is 34.0. The van der Waals surface area contributed by atoms with Crippen molar-refractivity contribution in [1.82, 2.24) is 19.5 Å². The van der Waals surface area contributed by atoms with E-state index in [1.165, 1.54) is 12.7 Å². The molecular formula is C38H36N5O8P. The summed E-state index contributed by atoms with van der Waals surface area (Å²) in [5.41, 5.74) is 2.55. The first kappa shape index (κ1) is 35.0. The Hall–Kier alpha value is -5.43. The highest BCUT2D eigenvalue weighted by molar-refractivity contribution is 7.32. The topological polar surface area (TPSA) is 156 Å². The largest absolute Gasteiger partial charge is 0.497 e. The normalized spacial score (nSPS) is 17.9. The van der Waals surface area contributed by atoms with Gasteiger partial charge in [0, 0.05) is 12.0 Å². The fraction of sp³-hybridized carbons (Fsp3) is 0.211. The molecule has 14 heteroatoms. The molecule has 52 heavy (non-hydrogen) atoms. The van der Waals surface area contributed by atoms with Gasteiger partial charge >= 0.3 is 8.25 Å². The second kappa shape index (κ2) is 15.4. The van der Waals surface area contributed by atoms with E-state index in [0.717, 1.165) is 16.7 Å². The summed E-state index contributed by atoms with van der Waals surface area (Å²) in [6.45, 7) is 0.0651. The first-order chi connectivity index (χ1) is 25.4. The summed E-state index contributed by atoms with van der Waals surface area (Å²) in [6.07, 6.45) is 0.666. The molecule has 1 fully saturated rings. The minimum atomic E-state index is -3.37. The van der Waals surface area contributed by atoms with Crippen molar-refractivity contribution in [2.45, 2.75) is 30.5 Å². The standard InChI is InChI=1S/C38H36N5O8P/c1-47-29-17-13-27(14-18-29)38(26-11-7-4-8-12-26,28-15-19-30(48-2)20-16-28)49-22-31-21-32(51-52(45)46)37(50-31)43-24-41-33-34(39-23-40-35(33)43)42-36(44)25-9-5-3-6-10-25/h3-20,23-24,31-32,37,52H,21-22H2,1-2H3,(H,45,46)(H,39,40,42,44)/t31-,32+,37+/m0/s1. The van der Waals surface area contributed by atoms with Crippen LogP contribution in [0.15, 0.2) is 122 Å². The Balaban J connectivity index is 1.22. The zero-order valence-corrected chi connectivity index (χ0v) is 29.3. The van der Waals surface area contributed by atoms with Gasteiger partial charge in [-0.1, -0.05) is 72.8 Å². The number of fused-ring (bicyclic) bond motifs is 1. The molecule has 6 aromatic rings. The Bertz CT molecular complexity index is 2100. The SMILES string of the molecule is COc1ccc(C(OC[C@@H]2C[C@@H](O[PH](=O)O)[C@H](n3cnc4c(NC(=O)c5ccccc5)ncnc43)O2)(c2ccccc2)c2ccc(OC)cc2)cc1. The molecule has 2 N–H and O–H groups in total. The Kier molecular flexibility index (Phi) is 10.4. The molecule has 1 amide bonds. The zero-order valence-electron chi connectivity index (χ0n) is 28.3. The number of aromatic nitrogens is 4. The van der Waals surface area contributed by atoms with Gasteiger partial charge in [-0.2, -0.15) is 0 Å². The van der Waals surface area contributed by atoms with E-state index in [2.05, 4.69) is 20.3 Å². The molecule has 0 radical (unpaired) electrons. The van der Waals surface area contributed by atoms with Gasteiger partial charge in [0.2, 0.25) is 0 Å². The van der Waals surface area contributed by atoms with Crippen LogP contribution in [0.3, 0.4) is 0 Å². The molecule has 0 saturated carbocycles. The van der Waals surface area contributed by atoms with Crippen LogP contribution in [0.25, 0.3) is 11.2 Å². The van der Waals surface area contributed by atoms with Crippen molar-refractivity contribution in [3.05, 3.63) is 144 Å². The molecule has 0 spiro atoms. The van der Waals surface area contributed by atoms with Crippen LogP contribution in [0.4, 0.5) is 5.82 Å². The quantitative estimate of drug-likeness (QED) is 0.104. The monoisotopic (exact) mass is 721 g/mol. The zero-order chi connectivity index (χ0) is 36.1. The Labute approximate surface area is 300 Å². The third-order valence-electron chi connectivity index (χ3n) is 8.96. The number of ether oxygens (including phenoxy) is 4. The highest BCUT2D eigenvalue weighted by Gasteiger charge is 2.43. The number of nitrogens with one attached hydrogen (secondary N) is 1. The molecule has 1 aliphatic heterocycles. The van der Waals surface area contributed by atoms with E-state index in [1.54, 1.807) is 43.1 Å². The number of hydrogen-bond acceptors (Lipinski definition) is 10. The van der Waals surface area contributed by atoms with Gasteiger partial charge in [0.15, 0.2) is 23.2 Å². The van der Waals surface area contributed by atoms with Gasteiger partial charge in [0.1, 0.15) is 29.5 Å². The van der Waals surface area contributed by atoms with Crippen LogP contribution in [0, 0.1) is 0 Å². The maximum absolute atomic E-state index is 12.9. The van der Waals surface area contributed by atoms with Crippen molar-refractivity contribution in [1.29, 1.82) is 0 Å². The van der Waals surface area contributed by atoms with Crippen LogP contribution in [-0.4, -0.2) is 63.4 Å². The van der Waals surface area contributed by atoms with E-state index in [1.807, 2.05) is 84.9 Å². The van der Waals surface area contributed by atoms with E-state index in [-0.39, 0.29) is 24.8 Å². The van der Waals surface area contributed by atoms with Crippen LogP contribution in [0.5, 0.6) is 11.5 Å². The summed E-state index contributed by atoms with van der Waals surface area (Å²) >= 11 is 0. The van der Waals surface area contributed by atoms with Crippen molar-refractivity contribution < 1.29 is 37.7 Å². The van der Waals surface area contributed by atoms with Crippen molar-refractivity contribution >= 4 is 31.1 Å². The molecule has 1 aliphatic rings. The number of rotatable bonds is 13. The van der Waals surface area contributed by atoms with Crippen LogP contribution in [0.1, 0.15) is 39.7 Å². The Morgan fingerprint density at radius 3 is 2.06 bits per heavy atom. The lowest BCUT2D eigenvalue weighted by Gasteiger charge is -2.37. The van der Waals surface area contributed by atoms with Gasteiger partial charge in [-0.05, 0) is 53.1 Å². The second-order valence-corrected chi connectivity index (χ2v) is 12.8. The molecule has 0 aliphatic carbocycles. The van der Waals surface area contributed by atoms with Gasteiger partial charge in [-0.3, -0.25) is 13.9 Å². The predicted molar refractivity (Wildman–Crippen MR) is 193 cm³/mol. The third-order valence-corrected chi connectivity index (χ3v) is 9.46. The summed E-state index contributed by atoms with van der Waals surface area (Å²) in [5.74, 6) is 1.23. The molecule has 266 valence electrons. The molecule has 4 aromatic carbocycles. The molecule has 13 nitrogen and oxygen atoms in total. The third kappa shape index (κ3) is 7.05. The number of methoxy groups -OCH3 is 2. The minimum absolute atomic E-state index is 0.0651. The number of amides is 1. The lowest BCUT2D eigenvalue weighted by Crippen LogP contribution is -2.35. The fourth-order valence-electron chi connectivity index (χ4n) is 6.49. The number of hydrogen-bond donors (Lipinski definition) is 2. The van der Waals surface area contributed by atoms with Gasteiger partial charge in [0.25, 0.3) is 5.91 Å². The maximum atomic E-state index is 12.9. The van der Waals surface area contributed by atoms with Crippen LogP contribution in [-0.2, 0) is 24.2 Å². The maximum Gasteiger partial charge on any atom is 0.317 e. The van der Waals surface area contributed by atoms with Gasteiger partial charge in [0.05, 0.1) is 33.3 Å². The summed E-state index contributed by atoms with van der Waals surface area (Å²) < 4.78 is 43.8. The lowest BCUT2D eigenvalue weighted by atomic mass is 9.80. The van der Waals surface area contributed by atoms with Crippen molar-refractivity contribution in [2.75, 3.05) is 26.1 Å². The highest BCUT2D eigenvalue weighted by atomic mass is 31.1. The number of imidazole rings is 1. The highest BCUT2D eigenvalue weighted by Crippen LogP contribution is 2.44. The van der Waals surface area contributed by atoms with E-state index in [9.17, 15) is 14.3 Å². The summed E-state index contributed by atoms with van der Waals surface area (Å²) in [5, 5.41) is 2.80. The van der Waals surface area contributed by atoms with E-state index in [4.69, 9.17) is 23.5 Å². The Morgan fingerprint density at radius 1 is 0.865 bits per heavy atom. The first-order valence-electron chi connectivity index (χ1n) is 16.5. The first-order valence-corrected chi connectivity index (χ1v) is 17.7. The smallest absolute Gasteiger partial charge is 0.317 e. The molecule has 1 saturated heterocycles. The summed E-state index contributed by atoms with van der Waals surface area (Å²) in [4.78, 5) is 36.0. The van der Waals surface area contributed by atoms with Crippen LogP contribution < -0.4 is 14.8 Å². The predicted octanol–water partition coefficient (Wildman–Crippen LogP) is 6.16. The van der Waals surface area contributed by atoms with Crippen LogP contribution in [0.2, 0.25) is 0 Å². The average Bonchev–Trinajstić information content (AvgIpc) is 3.80. The molecule has 4 atom stereocenters. The van der Waals surface area contributed by atoms with Crippen molar-refractivity contribution in [3.8, 4) is 11.5 Å². The minimum Gasteiger partial charge on any atom is -0.497 e. The van der Waals surface area contributed by atoms with E-state index < -0.39 is 32.3 Å². The average molecular weight is 722 g/mol. The van der Waals surface area contributed by atoms with Crippen molar-refractivity contribution in [3.63, 3.8) is 0 Å². The lowest BCUT2D eigenvalue weighted by molar-refractivity contribution is -0.0834. The second-order valence-electron chi connectivity index (χ2n) is 12.0. The fourth-order valence-corrected chi connectivity index (χ4v) is 6.97. The number of carbonyl (C=O) groups excluding carboxylic acids is 1. The number of carbonyl (C=O) groups is 1. The van der Waals surface area contributed by atoms with Gasteiger partial charge in [-0.25, -0.2) is 15.0 Å². The molecule has 1 unspecified atom stereocenters. The molecule has 2 aromatic heterocycles. The Morgan fingerprint density at radius 2 is 1.46 bits per heavy atom. The number of anilines is 1. The van der Waals surface area contributed by atoms with E-state index >= 15 is 0 Å². The van der Waals surface area contributed by atoms with Crippen molar-refractivity contribution in [2.24, 2.45) is 0 Å². The summed E-state index contributed by atoms with van der Waals surface area (Å²) in [7, 11) is -0.142. The van der Waals surface area contributed by atoms with Crippen LogP contribution >= 0.6 is 8.25 Å². The molecule has 7 rings (SSSR count). The molecule has 3 heterocycles. The van der Waals surface area contributed by atoms with Gasteiger partial charge < -0.3 is 33.7 Å². The molecule has 0 bridgehead atoms. The number of nitrogens with zero attached hydrogens (tertiary/aromatic N) is 4. The molecular weight excluding hydrogens is 685 g/mol. The van der Waals surface area contributed by atoms with E-state index in [0.29, 0.717) is 28.2 Å². The number of benzene rings is 4.